The van der Waals surface area contributed by atoms with E-state index in [9.17, 15) is 4.79 Å². The van der Waals surface area contributed by atoms with E-state index in [1.54, 1.807) is 22.3 Å². The molecular weight excluding hydrogens is 504 g/mol. The van der Waals surface area contributed by atoms with Crippen LogP contribution in [0.3, 0.4) is 0 Å². The van der Waals surface area contributed by atoms with Crippen LogP contribution in [0.4, 0.5) is 11.6 Å². The topological polar surface area (TPSA) is 75.9 Å². The van der Waals surface area contributed by atoms with Crippen LogP contribution >= 0.6 is 11.3 Å². The van der Waals surface area contributed by atoms with E-state index in [4.69, 9.17) is 4.98 Å². The second kappa shape index (κ2) is 10.8. The minimum atomic E-state index is -0.235. The van der Waals surface area contributed by atoms with Gasteiger partial charge in [-0.2, -0.15) is 4.98 Å². The van der Waals surface area contributed by atoms with Crippen LogP contribution in [0.5, 0.6) is 0 Å². The van der Waals surface area contributed by atoms with E-state index in [2.05, 4.69) is 63.3 Å². The quantitative estimate of drug-likeness (QED) is 0.308. The summed E-state index contributed by atoms with van der Waals surface area (Å²) in [5.74, 6) is 7.11. The number of aryl methyl sites for hydroxylation is 1. The monoisotopic (exact) mass is 532 g/mol. The Morgan fingerprint density at radius 1 is 1.00 bits per heavy atom. The Bertz CT molecular complexity index is 1740. The lowest BCUT2D eigenvalue weighted by molar-refractivity contribution is 0.255. The Labute approximate surface area is 231 Å². The average molecular weight is 533 g/mol. The first-order valence-electron chi connectivity index (χ1n) is 13.0. The SMILES string of the molecule is Cc1scnc1C#Cc1cc2cnc(Nc3ccc(C4CCN(C)CC4)cc3)nc2n(-c2ccccc2)c1=O. The third kappa shape index (κ3) is 5.32. The van der Waals surface area contributed by atoms with Crippen LogP contribution in [0.15, 0.2) is 77.2 Å². The van der Waals surface area contributed by atoms with Gasteiger partial charge < -0.3 is 10.2 Å². The summed E-state index contributed by atoms with van der Waals surface area (Å²) in [6.07, 6.45) is 4.10. The van der Waals surface area contributed by atoms with Crippen LogP contribution in [0, 0.1) is 18.8 Å². The molecule has 0 amide bonds. The summed E-state index contributed by atoms with van der Waals surface area (Å²) in [5.41, 5.74) is 6.08. The fourth-order valence-corrected chi connectivity index (χ4v) is 5.46. The average Bonchev–Trinajstić information content (AvgIpc) is 3.38. The van der Waals surface area contributed by atoms with Gasteiger partial charge in [0.15, 0.2) is 5.65 Å². The van der Waals surface area contributed by atoms with E-state index >= 15 is 0 Å². The van der Waals surface area contributed by atoms with E-state index in [0.29, 0.717) is 34.5 Å². The Kier molecular flexibility index (Phi) is 6.93. The molecule has 0 spiro atoms. The molecule has 6 rings (SSSR count). The molecule has 2 aromatic carbocycles. The first-order valence-corrected chi connectivity index (χ1v) is 13.9. The molecule has 1 saturated heterocycles. The zero-order valence-corrected chi connectivity index (χ0v) is 22.7. The molecule has 0 unspecified atom stereocenters. The summed E-state index contributed by atoms with van der Waals surface area (Å²) in [5, 5.41) is 4.04. The molecule has 0 bridgehead atoms. The normalized spacial score (nSPS) is 14.2. The van der Waals surface area contributed by atoms with Gasteiger partial charge in [-0.3, -0.25) is 9.36 Å². The van der Waals surface area contributed by atoms with Crippen molar-refractivity contribution in [2.75, 3.05) is 25.5 Å². The van der Waals surface area contributed by atoms with E-state index < -0.39 is 0 Å². The smallest absolute Gasteiger partial charge is 0.272 e. The zero-order valence-electron chi connectivity index (χ0n) is 21.9. The van der Waals surface area contributed by atoms with Gasteiger partial charge in [-0.1, -0.05) is 36.3 Å². The highest BCUT2D eigenvalue weighted by Gasteiger charge is 2.18. The Balaban J connectivity index is 1.35. The number of hydrogen-bond donors (Lipinski definition) is 1. The summed E-state index contributed by atoms with van der Waals surface area (Å²) >= 11 is 1.53. The largest absolute Gasteiger partial charge is 0.324 e. The first-order chi connectivity index (χ1) is 19.0. The second-order valence-electron chi connectivity index (χ2n) is 9.84. The molecule has 1 aliphatic heterocycles. The predicted molar refractivity (Wildman–Crippen MR) is 157 cm³/mol. The second-order valence-corrected chi connectivity index (χ2v) is 10.9. The lowest BCUT2D eigenvalue weighted by Crippen LogP contribution is -2.29. The molecule has 0 atom stereocenters. The molecule has 1 aliphatic rings. The number of para-hydroxylation sites is 1. The maximum Gasteiger partial charge on any atom is 0.272 e. The molecule has 4 heterocycles. The maximum absolute atomic E-state index is 13.7. The van der Waals surface area contributed by atoms with Crippen molar-refractivity contribution in [2.24, 2.45) is 0 Å². The van der Waals surface area contributed by atoms with Gasteiger partial charge in [0.2, 0.25) is 5.95 Å². The highest BCUT2D eigenvalue weighted by Crippen LogP contribution is 2.29. The number of aromatic nitrogens is 4. The van der Waals surface area contributed by atoms with Crippen LogP contribution < -0.4 is 10.9 Å². The minimum Gasteiger partial charge on any atom is -0.324 e. The Hall–Kier alpha value is -4.32. The van der Waals surface area contributed by atoms with Crippen LogP contribution in [0.1, 0.15) is 40.5 Å². The van der Waals surface area contributed by atoms with Gasteiger partial charge in [-0.05, 0) is 87.6 Å². The van der Waals surface area contributed by atoms with Crippen LogP contribution in [-0.4, -0.2) is 44.6 Å². The van der Waals surface area contributed by atoms with Crippen molar-refractivity contribution < 1.29 is 0 Å². The Morgan fingerprint density at radius 2 is 1.77 bits per heavy atom. The molecule has 8 heteroatoms. The molecule has 5 aromatic rings. The summed E-state index contributed by atoms with van der Waals surface area (Å²) < 4.78 is 1.60. The fourth-order valence-electron chi connectivity index (χ4n) is 4.92. The fraction of sp³-hybridized carbons (Fsp3) is 0.226. The number of anilines is 2. The molecular formula is C31H28N6OS. The molecule has 7 nitrogen and oxygen atoms in total. The first kappa shape index (κ1) is 25.0. The van der Waals surface area contributed by atoms with Gasteiger partial charge >= 0.3 is 0 Å². The van der Waals surface area contributed by atoms with Crippen molar-refractivity contribution in [3.63, 3.8) is 0 Å². The van der Waals surface area contributed by atoms with Crippen molar-refractivity contribution >= 4 is 34.0 Å². The molecule has 0 aliphatic carbocycles. The highest BCUT2D eigenvalue weighted by atomic mass is 32.1. The number of piperidine rings is 1. The van der Waals surface area contributed by atoms with Crippen LogP contribution in [0.2, 0.25) is 0 Å². The number of likely N-dealkylation sites (tertiary alicyclic amines) is 1. The lowest BCUT2D eigenvalue weighted by Gasteiger charge is -2.29. The minimum absolute atomic E-state index is 0.235. The van der Waals surface area contributed by atoms with Gasteiger partial charge in [0.05, 0.1) is 16.8 Å². The molecule has 1 fully saturated rings. The lowest BCUT2D eigenvalue weighted by atomic mass is 9.89. The van der Waals surface area contributed by atoms with Crippen molar-refractivity contribution in [1.82, 2.24) is 24.4 Å². The van der Waals surface area contributed by atoms with Gasteiger partial charge in [-0.15, -0.1) is 11.3 Å². The predicted octanol–water partition coefficient (Wildman–Crippen LogP) is 5.50. The summed E-state index contributed by atoms with van der Waals surface area (Å²) in [7, 11) is 2.18. The van der Waals surface area contributed by atoms with Crippen molar-refractivity contribution in [1.29, 1.82) is 0 Å². The number of nitrogens with zero attached hydrogens (tertiary/aromatic N) is 5. The van der Waals surface area contributed by atoms with Gasteiger partial charge in [-0.25, -0.2) is 9.97 Å². The maximum atomic E-state index is 13.7. The highest BCUT2D eigenvalue weighted by molar-refractivity contribution is 7.09. The zero-order chi connectivity index (χ0) is 26.8. The van der Waals surface area contributed by atoms with Gasteiger partial charge in [0.1, 0.15) is 5.69 Å². The molecule has 0 saturated carbocycles. The van der Waals surface area contributed by atoms with E-state index in [1.807, 2.05) is 37.3 Å². The number of nitrogens with one attached hydrogen (secondary N) is 1. The number of pyridine rings is 1. The van der Waals surface area contributed by atoms with E-state index in [-0.39, 0.29) is 5.56 Å². The van der Waals surface area contributed by atoms with Crippen LogP contribution in [-0.2, 0) is 0 Å². The van der Waals surface area contributed by atoms with E-state index in [1.165, 1.54) is 29.7 Å². The van der Waals surface area contributed by atoms with E-state index in [0.717, 1.165) is 29.0 Å². The van der Waals surface area contributed by atoms with Crippen LogP contribution in [0.25, 0.3) is 16.7 Å². The number of benzene rings is 2. The summed E-state index contributed by atoms with van der Waals surface area (Å²) in [6.45, 7) is 4.24. The third-order valence-corrected chi connectivity index (χ3v) is 7.93. The van der Waals surface area contributed by atoms with Crippen molar-refractivity contribution in [2.45, 2.75) is 25.7 Å². The third-order valence-electron chi connectivity index (χ3n) is 7.17. The number of fused-ring (bicyclic) bond motifs is 1. The number of thiazole rings is 1. The molecule has 1 N–H and O–H groups in total. The molecule has 39 heavy (non-hydrogen) atoms. The standard InChI is InChI=1S/C31H28N6OS/c1-21-28(33-20-39-21)13-10-24-18-25-19-32-31(35-29(25)37(30(24)38)27-6-4-3-5-7-27)34-26-11-8-22(9-12-26)23-14-16-36(2)17-15-23/h3-9,11-12,18-20,23H,14-17H2,1-2H3,(H,32,34,35). The number of rotatable bonds is 4. The summed E-state index contributed by atoms with van der Waals surface area (Å²) in [4.78, 5) is 30.7. The molecule has 194 valence electrons. The van der Waals surface area contributed by atoms with Crippen molar-refractivity contribution in [3.05, 3.63) is 104 Å². The molecule has 0 radical (unpaired) electrons. The Morgan fingerprint density at radius 3 is 2.49 bits per heavy atom. The van der Waals surface area contributed by atoms with Gasteiger partial charge in [0.25, 0.3) is 5.56 Å². The van der Waals surface area contributed by atoms with Crippen molar-refractivity contribution in [3.8, 4) is 17.5 Å². The number of hydrogen-bond acceptors (Lipinski definition) is 7. The summed E-state index contributed by atoms with van der Waals surface area (Å²) in [6, 6.07) is 19.8. The molecule has 3 aromatic heterocycles. The van der Waals surface area contributed by atoms with Gasteiger partial charge in [0, 0.05) is 22.1 Å².